The average molecular weight is 349 g/mol. The molecule has 1 saturated carbocycles. The molecule has 1 aliphatic carbocycles. The summed E-state index contributed by atoms with van der Waals surface area (Å²) in [5, 5.41) is 3.64. The molecule has 0 spiro atoms. The van der Waals surface area contributed by atoms with E-state index < -0.39 is 0 Å². The highest BCUT2D eigenvalue weighted by molar-refractivity contribution is 7.99. The molecule has 24 heavy (non-hydrogen) atoms. The van der Waals surface area contributed by atoms with Gasteiger partial charge in [0.25, 0.3) is 0 Å². The van der Waals surface area contributed by atoms with Gasteiger partial charge in [0.05, 0.1) is 0 Å². The van der Waals surface area contributed by atoms with Crippen LogP contribution in [-0.2, 0) is 0 Å². The summed E-state index contributed by atoms with van der Waals surface area (Å²) in [5.74, 6) is 2.15. The second-order valence-corrected chi connectivity index (χ2v) is 8.53. The zero-order valence-electron chi connectivity index (χ0n) is 15.7. The minimum atomic E-state index is 0.669. The first kappa shape index (κ1) is 19.8. The number of benzene rings is 1. The molecule has 0 unspecified atom stereocenters. The average Bonchev–Trinajstić information content (AvgIpc) is 2.61. The van der Waals surface area contributed by atoms with Crippen molar-refractivity contribution >= 4 is 11.8 Å². The lowest BCUT2D eigenvalue weighted by molar-refractivity contribution is 0.166. The molecular weight excluding hydrogens is 312 g/mol. The molecule has 0 heterocycles. The van der Waals surface area contributed by atoms with Gasteiger partial charge >= 0.3 is 0 Å². The fraction of sp³-hybridized carbons (Fsp3) is 0.714. The summed E-state index contributed by atoms with van der Waals surface area (Å²) in [6.45, 7) is 9.46. The van der Waals surface area contributed by atoms with Crippen molar-refractivity contribution in [2.24, 2.45) is 5.92 Å². The fourth-order valence-corrected chi connectivity index (χ4v) is 4.39. The maximum atomic E-state index is 3.64. The lowest BCUT2D eigenvalue weighted by Crippen LogP contribution is -2.40. The molecule has 2 nitrogen and oxygen atoms in total. The quantitative estimate of drug-likeness (QED) is 0.445. The summed E-state index contributed by atoms with van der Waals surface area (Å²) in [7, 11) is 0. The number of thioether (sulfide) groups is 1. The Hall–Kier alpha value is -0.510. The van der Waals surface area contributed by atoms with Crippen LogP contribution in [0.25, 0.3) is 0 Å². The van der Waals surface area contributed by atoms with Crippen molar-refractivity contribution < 1.29 is 0 Å². The van der Waals surface area contributed by atoms with Crippen LogP contribution in [0.2, 0.25) is 0 Å². The number of hydrogen-bond donors (Lipinski definition) is 1. The molecule has 0 radical (unpaired) electrons. The lowest BCUT2D eigenvalue weighted by Gasteiger charge is -2.32. The zero-order chi connectivity index (χ0) is 17.0. The van der Waals surface area contributed by atoms with Crippen LogP contribution < -0.4 is 5.32 Å². The highest BCUT2D eigenvalue weighted by atomic mass is 32.2. The van der Waals surface area contributed by atoms with Gasteiger partial charge in [0.1, 0.15) is 0 Å². The Balaban J connectivity index is 1.52. The van der Waals surface area contributed by atoms with Gasteiger partial charge in [0, 0.05) is 30.6 Å². The maximum absolute atomic E-state index is 3.64. The first-order chi connectivity index (χ1) is 11.8. The number of hydrogen-bond acceptors (Lipinski definition) is 3. The van der Waals surface area contributed by atoms with Crippen LogP contribution >= 0.6 is 11.8 Å². The van der Waals surface area contributed by atoms with E-state index in [2.05, 4.69) is 54.4 Å². The minimum Gasteiger partial charge on any atom is -0.315 e. The second-order valence-electron chi connectivity index (χ2n) is 7.36. The largest absolute Gasteiger partial charge is 0.315 e. The monoisotopic (exact) mass is 348 g/mol. The van der Waals surface area contributed by atoms with Crippen molar-refractivity contribution in [1.29, 1.82) is 0 Å². The first-order valence-corrected chi connectivity index (χ1v) is 10.9. The van der Waals surface area contributed by atoms with Gasteiger partial charge in [0.15, 0.2) is 0 Å². The third-order valence-electron chi connectivity index (χ3n) is 5.03. The van der Waals surface area contributed by atoms with Gasteiger partial charge in [-0.3, -0.25) is 4.90 Å². The van der Waals surface area contributed by atoms with Crippen molar-refractivity contribution in [3.8, 4) is 0 Å². The van der Waals surface area contributed by atoms with Crippen molar-refractivity contribution in [3.05, 3.63) is 30.3 Å². The molecule has 1 aromatic rings. The standard InChI is InChI=1S/C21H36N2S/c1-19(2)23(18-20-10-5-3-6-11-20)16-15-22-14-9-17-24-21-12-7-4-8-13-21/h4,7-8,12-13,19-20,22H,3,5-6,9-11,14-18H2,1-2H3. The highest BCUT2D eigenvalue weighted by Crippen LogP contribution is 2.24. The third kappa shape index (κ3) is 8.04. The van der Waals surface area contributed by atoms with Crippen LogP contribution in [0.4, 0.5) is 0 Å². The predicted octanol–water partition coefficient (Wildman–Crippen LogP) is 5.05. The van der Waals surface area contributed by atoms with Crippen molar-refractivity contribution in [2.75, 3.05) is 31.9 Å². The topological polar surface area (TPSA) is 15.3 Å². The Kier molecular flexibility index (Phi) is 9.86. The smallest absolute Gasteiger partial charge is 0.0110 e. The van der Waals surface area contributed by atoms with Gasteiger partial charge in [-0.2, -0.15) is 0 Å². The maximum Gasteiger partial charge on any atom is 0.0110 e. The van der Waals surface area contributed by atoms with E-state index in [1.54, 1.807) is 0 Å². The minimum absolute atomic E-state index is 0.669. The molecule has 0 aliphatic heterocycles. The molecule has 2 rings (SSSR count). The van der Waals surface area contributed by atoms with E-state index in [0.29, 0.717) is 6.04 Å². The molecule has 0 saturated heterocycles. The van der Waals surface area contributed by atoms with E-state index in [4.69, 9.17) is 0 Å². The van der Waals surface area contributed by atoms with Gasteiger partial charge in [-0.1, -0.05) is 37.5 Å². The van der Waals surface area contributed by atoms with Crippen LogP contribution in [0.3, 0.4) is 0 Å². The van der Waals surface area contributed by atoms with E-state index >= 15 is 0 Å². The number of nitrogens with zero attached hydrogens (tertiary/aromatic N) is 1. The molecule has 1 N–H and O–H groups in total. The summed E-state index contributed by atoms with van der Waals surface area (Å²) in [6.07, 6.45) is 8.51. The summed E-state index contributed by atoms with van der Waals surface area (Å²) >= 11 is 1.96. The van der Waals surface area contributed by atoms with Gasteiger partial charge in [-0.05, 0) is 63.5 Å². The van der Waals surface area contributed by atoms with Gasteiger partial charge in [-0.15, -0.1) is 11.8 Å². The lowest BCUT2D eigenvalue weighted by atomic mass is 9.88. The Bertz CT molecular complexity index is 415. The summed E-state index contributed by atoms with van der Waals surface area (Å²) in [4.78, 5) is 4.07. The summed E-state index contributed by atoms with van der Waals surface area (Å²) in [5.41, 5.74) is 0. The number of rotatable bonds is 11. The van der Waals surface area contributed by atoms with Gasteiger partial charge in [-0.25, -0.2) is 0 Å². The molecule has 3 heteroatoms. The van der Waals surface area contributed by atoms with Crippen LogP contribution in [-0.4, -0.2) is 42.9 Å². The van der Waals surface area contributed by atoms with Crippen molar-refractivity contribution in [1.82, 2.24) is 10.2 Å². The van der Waals surface area contributed by atoms with Crippen LogP contribution in [0.5, 0.6) is 0 Å². The van der Waals surface area contributed by atoms with E-state index in [1.165, 1.54) is 62.3 Å². The van der Waals surface area contributed by atoms with Crippen LogP contribution in [0.15, 0.2) is 35.2 Å². The molecule has 1 fully saturated rings. The Labute approximate surface area is 153 Å². The Morgan fingerprint density at radius 1 is 1.08 bits per heavy atom. The molecule has 0 atom stereocenters. The van der Waals surface area contributed by atoms with Crippen LogP contribution in [0.1, 0.15) is 52.4 Å². The van der Waals surface area contributed by atoms with Crippen LogP contribution in [0, 0.1) is 5.92 Å². The number of nitrogens with one attached hydrogen (secondary N) is 1. The molecule has 0 bridgehead atoms. The molecule has 0 amide bonds. The summed E-state index contributed by atoms with van der Waals surface area (Å²) < 4.78 is 0. The van der Waals surface area contributed by atoms with E-state index in [9.17, 15) is 0 Å². The van der Waals surface area contributed by atoms with E-state index in [-0.39, 0.29) is 0 Å². The Morgan fingerprint density at radius 2 is 1.83 bits per heavy atom. The molecule has 0 aromatic heterocycles. The third-order valence-corrected chi connectivity index (χ3v) is 6.13. The van der Waals surface area contributed by atoms with Gasteiger partial charge < -0.3 is 5.32 Å². The molecule has 136 valence electrons. The molecular formula is C21H36N2S. The second kappa shape index (κ2) is 11.9. The van der Waals surface area contributed by atoms with E-state index in [1.807, 2.05) is 11.8 Å². The molecule has 1 aromatic carbocycles. The highest BCUT2D eigenvalue weighted by Gasteiger charge is 2.18. The van der Waals surface area contributed by atoms with E-state index in [0.717, 1.165) is 19.0 Å². The summed E-state index contributed by atoms with van der Waals surface area (Å²) in [6, 6.07) is 11.4. The Morgan fingerprint density at radius 3 is 2.54 bits per heavy atom. The van der Waals surface area contributed by atoms with Crippen molar-refractivity contribution in [2.45, 2.75) is 63.3 Å². The zero-order valence-corrected chi connectivity index (χ0v) is 16.5. The van der Waals surface area contributed by atoms with Gasteiger partial charge in [0.2, 0.25) is 0 Å². The predicted molar refractivity (Wildman–Crippen MR) is 108 cm³/mol. The SMILES string of the molecule is CC(C)N(CCNCCCSc1ccccc1)CC1CCCCC1. The molecule has 1 aliphatic rings. The first-order valence-electron chi connectivity index (χ1n) is 9.88. The fourth-order valence-electron chi connectivity index (χ4n) is 3.51. The normalized spacial score (nSPS) is 16.2. The van der Waals surface area contributed by atoms with Crippen molar-refractivity contribution in [3.63, 3.8) is 0 Å².